The number of nitrogens with zero attached hydrogens (tertiary/aromatic N) is 2. The lowest BCUT2D eigenvalue weighted by atomic mass is 10.1. The maximum absolute atomic E-state index is 12.3. The molecule has 0 aliphatic carbocycles. The maximum atomic E-state index is 12.3. The van der Waals surface area contributed by atoms with Crippen molar-refractivity contribution >= 4 is 45.4 Å². The number of phenols is 1. The molecule has 0 saturated carbocycles. The molecule has 0 atom stereocenters. The van der Waals surface area contributed by atoms with Crippen molar-refractivity contribution in [3.63, 3.8) is 0 Å². The number of para-hydroxylation sites is 1. The number of hydrogen-bond donors (Lipinski definition) is 2. The largest absolute Gasteiger partial charge is 0.504 e. The van der Waals surface area contributed by atoms with E-state index in [0.29, 0.717) is 16.9 Å². The van der Waals surface area contributed by atoms with Crippen LogP contribution in [-0.4, -0.2) is 29.3 Å². The van der Waals surface area contributed by atoms with Crippen molar-refractivity contribution in [3.8, 4) is 11.5 Å². The van der Waals surface area contributed by atoms with Crippen LogP contribution in [0, 0.1) is 0 Å². The number of methoxy groups -OCH3 is 1. The van der Waals surface area contributed by atoms with Gasteiger partial charge >= 0.3 is 0 Å². The fourth-order valence-corrected chi connectivity index (χ4v) is 4.85. The summed E-state index contributed by atoms with van der Waals surface area (Å²) in [5.41, 5.74) is 5.78. The van der Waals surface area contributed by atoms with Crippen LogP contribution in [-0.2, 0) is 5.75 Å². The molecule has 156 valence electrons. The highest BCUT2D eigenvalue weighted by Gasteiger charge is 2.07. The third-order valence-electron chi connectivity index (χ3n) is 4.44. The molecular formula is C23H19N3O3S2. The van der Waals surface area contributed by atoms with E-state index in [4.69, 9.17) is 4.74 Å². The van der Waals surface area contributed by atoms with Gasteiger partial charge in [0.05, 0.1) is 23.5 Å². The van der Waals surface area contributed by atoms with Gasteiger partial charge in [0.2, 0.25) is 0 Å². The lowest BCUT2D eigenvalue weighted by Crippen LogP contribution is -2.17. The number of thiazole rings is 1. The summed E-state index contributed by atoms with van der Waals surface area (Å²) in [6, 6.07) is 20.4. The van der Waals surface area contributed by atoms with Crippen LogP contribution < -0.4 is 10.2 Å². The second kappa shape index (κ2) is 9.63. The number of ether oxygens (including phenoxy) is 1. The number of aromatic nitrogens is 1. The summed E-state index contributed by atoms with van der Waals surface area (Å²) in [5.74, 6) is 0.861. The molecular weight excluding hydrogens is 430 g/mol. The van der Waals surface area contributed by atoms with Gasteiger partial charge in [-0.25, -0.2) is 10.4 Å². The highest BCUT2D eigenvalue weighted by Crippen LogP contribution is 2.31. The van der Waals surface area contributed by atoms with E-state index in [2.05, 4.69) is 21.6 Å². The van der Waals surface area contributed by atoms with Crippen LogP contribution in [0.3, 0.4) is 0 Å². The van der Waals surface area contributed by atoms with Gasteiger partial charge in [0.25, 0.3) is 5.91 Å². The lowest BCUT2D eigenvalue weighted by Gasteiger charge is -2.04. The van der Waals surface area contributed by atoms with Crippen molar-refractivity contribution in [3.05, 3.63) is 83.4 Å². The van der Waals surface area contributed by atoms with Gasteiger partial charge in [0, 0.05) is 11.3 Å². The molecule has 8 heteroatoms. The average Bonchev–Trinajstić information content (AvgIpc) is 3.21. The SMILES string of the molecule is COc1ccc(/C=N/NC(=O)c2ccc(CSc3nc4ccccc4s3)cc2)cc1O. The number of phenolic OH excluding ortho intramolecular Hbond substituents is 1. The Hall–Kier alpha value is -3.36. The normalized spacial score (nSPS) is 11.1. The van der Waals surface area contributed by atoms with Crippen LogP contribution >= 0.6 is 23.1 Å². The van der Waals surface area contributed by atoms with E-state index < -0.39 is 0 Å². The number of hydrazone groups is 1. The third kappa shape index (κ3) is 5.22. The van der Waals surface area contributed by atoms with E-state index >= 15 is 0 Å². The Morgan fingerprint density at radius 3 is 2.74 bits per heavy atom. The molecule has 4 aromatic rings. The highest BCUT2D eigenvalue weighted by atomic mass is 32.2. The van der Waals surface area contributed by atoms with Crippen molar-refractivity contribution in [1.29, 1.82) is 0 Å². The zero-order valence-electron chi connectivity index (χ0n) is 16.6. The number of aromatic hydroxyl groups is 1. The molecule has 6 nitrogen and oxygen atoms in total. The van der Waals surface area contributed by atoms with Crippen LogP contribution in [0.25, 0.3) is 10.2 Å². The number of carbonyl (C=O) groups is 1. The molecule has 0 bridgehead atoms. The van der Waals surface area contributed by atoms with Gasteiger partial charge in [0.1, 0.15) is 0 Å². The number of hydrogen-bond acceptors (Lipinski definition) is 7. The second-order valence-corrected chi connectivity index (χ2v) is 8.82. The zero-order valence-corrected chi connectivity index (χ0v) is 18.2. The zero-order chi connectivity index (χ0) is 21.6. The minimum absolute atomic E-state index is 0.0112. The van der Waals surface area contributed by atoms with Crippen LogP contribution in [0.1, 0.15) is 21.5 Å². The Kier molecular flexibility index (Phi) is 6.49. The summed E-state index contributed by atoms with van der Waals surface area (Å²) >= 11 is 3.37. The monoisotopic (exact) mass is 449 g/mol. The topological polar surface area (TPSA) is 83.8 Å². The highest BCUT2D eigenvalue weighted by molar-refractivity contribution is 8.00. The van der Waals surface area contributed by atoms with Gasteiger partial charge < -0.3 is 9.84 Å². The summed E-state index contributed by atoms with van der Waals surface area (Å²) in [4.78, 5) is 16.9. The van der Waals surface area contributed by atoms with Gasteiger partial charge in [-0.15, -0.1) is 11.3 Å². The molecule has 1 heterocycles. The van der Waals surface area contributed by atoms with Crippen molar-refractivity contribution in [1.82, 2.24) is 10.4 Å². The van der Waals surface area contributed by atoms with Crippen LogP contribution in [0.5, 0.6) is 11.5 Å². The first-order valence-electron chi connectivity index (χ1n) is 9.40. The van der Waals surface area contributed by atoms with Crippen LogP contribution in [0.4, 0.5) is 0 Å². The van der Waals surface area contributed by atoms with E-state index in [9.17, 15) is 9.90 Å². The summed E-state index contributed by atoms with van der Waals surface area (Å²) in [6.07, 6.45) is 1.46. The van der Waals surface area contributed by atoms with E-state index in [-0.39, 0.29) is 11.7 Å². The van der Waals surface area contributed by atoms with Gasteiger partial charge in [-0.2, -0.15) is 5.10 Å². The number of fused-ring (bicyclic) bond motifs is 1. The molecule has 31 heavy (non-hydrogen) atoms. The Morgan fingerprint density at radius 1 is 1.19 bits per heavy atom. The third-order valence-corrected chi connectivity index (χ3v) is 6.69. The number of benzene rings is 3. The smallest absolute Gasteiger partial charge is 0.271 e. The van der Waals surface area contributed by atoms with Crippen molar-refractivity contribution < 1.29 is 14.6 Å². The molecule has 0 radical (unpaired) electrons. The van der Waals surface area contributed by atoms with Gasteiger partial charge in [-0.1, -0.05) is 36.0 Å². The van der Waals surface area contributed by atoms with Crippen LogP contribution in [0.15, 0.2) is 76.2 Å². The molecule has 0 saturated heterocycles. The quantitative estimate of drug-likeness (QED) is 0.234. The first kappa shape index (κ1) is 20.9. The molecule has 1 aromatic heterocycles. The standard InChI is InChI=1S/C23H19N3O3S2/c1-29-20-11-8-16(12-19(20)27)13-24-26-22(28)17-9-6-15(7-10-17)14-30-23-25-18-4-2-3-5-21(18)31-23/h2-13,27H,14H2,1H3,(H,26,28)/b24-13+. The fraction of sp³-hybridized carbons (Fsp3) is 0.0870. The van der Waals surface area contributed by atoms with Gasteiger partial charge in [-0.3, -0.25) is 4.79 Å². The summed E-state index contributed by atoms with van der Waals surface area (Å²) in [7, 11) is 1.48. The van der Waals surface area contributed by atoms with Gasteiger partial charge in [-0.05, 0) is 53.6 Å². The minimum atomic E-state index is -0.306. The molecule has 4 rings (SSSR count). The molecule has 0 aliphatic rings. The molecule has 0 aliphatic heterocycles. The molecule has 0 fully saturated rings. The lowest BCUT2D eigenvalue weighted by molar-refractivity contribution is 0.0955. The van der Waals surface area contributed by atoms with Crippen LogP contribution in [0.2, 0.25) is 0 Å². The molecule has 3 aromatic carbocycles. The summed E-state index contributed by atoms with van der Waals surface area (Å²) < 4.78 is 7.21. The molecule has 0 spiro atoms. The van der Waals surface area contributed by atoms with E-state index in [1.807, 2.05) is 30.3 Å². The first-order chi connectivity index (χ1) is 15.1. The fourth-order valence-electron chi connectivity index (χ4n) is 2.83. The second-order valence-electron chi connectivity index (χ2n) is 6.56. The Balaban J connectivity index is 1.31. The number of amides is 1. The number of thioether (sulfide) groups is 1. The Morgan fingerprint density at radius 2 is 2.00 bits per heavy atom. The molecule has 1 amide bonds. The predicted molar refractivity (Wildman–Crippen MR) is 125 cm³/mol. The average molecular weight is 450 g/mol. The maximum Gasteiger partial charge on any atom is 0.271 e. The Labute approximate surface area is 187 Å². The van der Waals surface area contributed by atoms with Gasteiger partial charge in [0.15, 0.2) is 15.8 Å². The number of carbonyl (C=O) groups excluding carboxylic acids is 1. The Bertz CT molecular complexity index is 1200. The first-order valence-corrected chi connectivity index (χ1v) is 11.2. The number of nitrogens with one attached hydrogen (secondary N) is 1. The molecule has 2 N–H and O–H groups in total. The van der Waals surface area contributed by atoms with E-state index in [1.165, 1.54) is 24.1 Å². The van der Waals surface area contributed by atoms with E-state index in [1.54, 1.807) is 47.4 Å². The molecule has 0 unspecified atom stereocenters. The minimum Gasteiger partial charge on any atom is -0.504 e. The number of rotatable bonds is 7. The van der Waals surface area contributed by atoms with E-state index in [0.717, 1.165) is 21.2 Å². The van der Waals surface area contributed by atoms with Crippen molar-refractivity contribution in [2.24, 2.45) is 5.10 Å². The summed E-state index contributed by atoms with van der Waals surface area (Å²) in [5, 5.41) is 13.7. The van der Waals surface area contributed by atoms with Crippen molar-refractivity contribution in [2.45, 2.75) is 10.1 Å². The van der Waals surface area contributed by atoms with Crippen molar-refractivity contribution in [2.75, 3.05) is 7.11 Å². The summed E-state index contributed by atoms with van der Waals surface area (Å²) in [6.45, 7) is 0. The predicted octanol–water partition coefficient (Wildman–Crippen LogP) is 5.07.